The molecule has 1 saturated carbocycles. The van der Waals surface area contributed by atoms with Crippen molar-refractivity contribution in [2.45, 2.75) is 39.0 Å². The number of thiophene rings is 1. The van der Waals surface area contributed by atoms with Gasteiger partial charge in [-0.2, -0.15) is 0 Å². The van der Waals surface area contributed by atoms with Crippen LogP contribution in [0, 0.1) is 11.8 Å². The number of hydrogen-bond donors (Lipinski definition) is 1. The van der Waals surface area contributed by atoms with Gasteiger partial charge in [-0.05, 0) is 73.2 Å². The van der Waals surface area contributed by atoms with E-state index in [1.807, 2.05) is 18.4 Å². The van der Waals surface area contributed by atoms with Gasteiger partial charge in [0.1, 0.15) is 10.7 Å². The Morgan fingerprint density at radius 3 is 2.45 bits per heavy atom. The number of ether oxygens (including phenoxy) is 2. The van der Waals surface area contributed by atoms with Crippen LogP contribution < -0.4 is 10.1 Å². The van der Waals surface area contributed by atoms with Crippen molar-refractivity contribution in [1.82, 2.24) is 5.32 Å². The maximum atomic E-state index is 12.3. The minimum atomic E-state index is -4.70. The molecule has 0 amide bonds. The van der Waals surface area contributed by atoms with Crippen molar-refractivity contribution < 1.29 is 27.4 Å². The lowest BCUT2D eigenvalue weighted by molar-refractivity contribution is -0.274. The number of hydrogen-bond acceptors (Lipinski definition) is 5. The van der Waals surface area contributed by atoms with E-state index < -0.39 is 6.36 Å². The summed E-state index contributed by atoms with van der Waals surface area (Å²) in [6, 6.07) is 7.70. The van der Waals surface area contributed by atoms with Crippen LogP contribution in [0.5, 0.6) is 5.75 Å². The number of esters is 1. The van der Waals surface area contributed by atoms with E-state index >= 15 is 0 Å². The molecule has 1 aromatic heterocycles. The van der Waals surface area contributed by atoms with Gasteiger partial charge in [-0.3, -0.25) is 4.79 Å². The number of rotatable bonds is 7. The molecule has 0 unspecified atom stereocenters. The fourth-order valence-corrected chi connectivity index (χ4v) is 4.76. The molecular weight excluding hydrogens is 447 g/mol. The fourth-order valence-electron chi connectivity index (χ4n) is 3.64. The first-order valence-electron chi connectivity index (χ1n) is 10.1. The van der Waals surface area contributed by atoms with Crippen LogP contribution in [0.25, 0.3) is 11.1 Å². The van der Waals surface area contributed by atoms with E-state index in [-0.39, 0.29) is 17.6 Å². The average Bonchev–Trinajstić information content (AvgIpc) is 3.22. The Morgan fingerprint density at radius 1 is 1.16 bits per heavy atom. The molecule has 9 heteroatoms. The summed E-state index contributed by atoms with van der Waals surface area (Å²) in [6.45, 7) is 3.00. The number of thiocarbonyl (C=S) groups is 1. The lowest BCUT2D eigenvalue weighted by Crippen LogP contribution is -2.32. The summed E-state index contributed by atoms with van der Waals surface area (Å²) in [5.41, 5.74) is 1.68. The number of alkyl halides is 3. The molecule has 1 aliphatic carbocycles. The third-order valence-electron chi connectivity index (χ3n) is 5.26. The van der Waals surface area contributed by atoms with Crippen molar-refractivity contribution >= 4 is 34.5 Å². The summed E-state index contributed by atoms with van der Waals surface area (Å²) in [7, 11) is 0. The second-order valence-corrected chi connectivity index (χ2v) is 8.77. The van der Waals surface area contributed by atoms with Gasteiger partial charge in [0, 0.05) is 6.54 Å². The van der Waals surface area contributed by atoms with Crippen molar-refractivity contribution in [3.05, 3.63) is 40.6 Å². The first kappa shape index (κ1) is 23.5. The molecule has 0 bridgehead atoms. The summed E-state index contributed by atoms with van der Waals surface area (Å²) < 4.78 is 45.9. The highest BCUT2D eigenvalue weighted by atomic mass is 32.1. The summed E-state index contributed by atoms with van der Waals surface area (Å²) in [5, 5.41) is 5.24. The quantitative estimate of drug-likeness (QED) is 0.400. The first-order valence-corrected chi connectivity index (χ1v) is 11.4. The molecule has 0 atom stereocenters. The third-order valence-corrected chi connectivity index (χ3v) is 6.70. The standard InChI is InChI=1S/C22H24F3NO3S2/c1-2-28-21(27)16-5-3-14(4-6-16)12-26-20(30)19-11-17(13-31-19)15-7-9-18(10-8-15)29-22(23,24)25/h7-11,13-14,16H,2-6,12H2,1H3,(H,26,30). The number of nitrogens with one attached hydrogen (secondary N) is 1. The van der Waals surface area contributed by atoms with E-state index in [9.17, 15) is 18.0 Å². The molecule has 1 N–H and O–H groups in total. The maximum absolute atomic E-state index is 12.3. The highest BCUT2D eigenvalue weighted by molar-refractivity contribution is 7.81. The van der Waals surface area contributed by atoms with Gasteiger partial charge < -0.3 is 14.8 Å². The minimum Gasteiger partial charge on any atom is -0.466 e. The highest BCUT2D eigenvalue weighted by Gasteiger charge is 2.31. The molecule has 1 heterocycles. The van der Waals surface area contributed by atoms with E-state index in [4.69, 9.17) is 17.0 Å². The first-order chi connectivity index (χ1) is 14.7. The summed E-state index contributed by atoms with van der Waals surface area (Å²) in [5.74, 6) is 0.135. The van der Waals surface area contributed by atoms with Gasteiger partial charge in [-0.1, -0.05) is 24.4 Å². The van der Waals surface area contributed by atoms with Gasteiger partial charge in [0.25, 0.3) is 0 Å². The van der Waals surface area contributed by atoms with Crippen LogP contribution in [-0.2, 0) is 9.53 Å². The van der Waals surface area contributed by atoms with Crippen molar-refractivity contribution in [3.63, 3.8) is 0 Å². The van der Waals surface area contributed by atoms with Crippen molar-refractivity contribution in [2.75, 3.05) is 13.2 Å². The smallest absolute Gasteiger partial charge is 0.466 e. The molecule has 4 nitrogen and oxygen atoms in total. The van der Waals surface area contributed by atoms with Crippen LogP contribution in [0.15, 0.2) is 35.7 Å². The van der Waals surface area contributed by atoms with Crippen LogP contribution in [0.4, 0.5) is 13.2 Å². The van der Waals surface area contributed by atoms with E-state index in [2.05, 4.69) is 10.1 Å². The third kappa shape index (κ3) is 6.93. The summed E-state index contributed by atoms with van der Waals surface area (Å²) >= 11 is 7.00. The molecule has 3 rings (SSSR count). The predicted octanol–water partition coefficient (Wildman–Crippen LogP) is 5.95. The average molecular weight is 472 g/mol. The molecule has 0 saturated heterocycles. The molecule has 0 spiro atoms. The normalized spacial score (nSPS) is 19.0. The zero-order valence-electron chi connectivity index (χ0n) is 17.0. The van der Waals surface area contributed by atoms with Crippen LogP contribution in [0.1, 0.15) is 37.5 Å². The Hall–Kier alpha value is -2.13. The van der Waals surface area contributed by atoms with Gasteiger partial charge in [-0.15, -0.1) is 24.5 Å². The molecule has 1 fully saturated rings. The number of carbonyl (C=O) groups excluding carboxylic acids is 1. The van der Waals surface area contributed by atoms with Gasteiger partial charge >= 0.3 is 12.3 Å². The molecule has 2 aromatic rings. The summed E-state index contributed by atoms with van der Waals surface area (Å²) in [4.78, 5) is 13.4. The lowest BCUT2D eigenvalue weighted by atomic mass is 9.82. The molecule has 0 radical (unpaired) electrons. The van der Waals surface area contributed by atoms with E-state index in [0.717, 1.165) is 48.2 Å². The minimum absolute atomic E-state index is 0.0101. The molecule has 1 aromatic carbocycles. The number of benzene rings is 1. The van der Waals surface area contributed by atoms with Gasteiger partial charge in [0.05, 0.1) is 17.4 Å². The number of halogens is 3. The van der Waals surface area contributed by atoms with E-state index in [1.165, 1.54) is 23.5 Å². The SMILES string of the molecule is CCOC(=O)C1CCC(CNC(=S)c2cc(-c3ccc(OC(F)(F)F)cc3)cs2)CC1. The molecule has 1 aliphatic rings. The highest BCUT2D eigenvalue weighted by Crippen LogP contribution is 2.31. The Kier molecular flexibility index (Phi) is 7.94. The molecule has 31 heavy (non-hydrogen) atoms. The Bertz CT molecular complexity index is 888. The van der Waals surface area contributed by atoms with Gasteiger partial charge in [0.2, 0.25) is 0 Å². The van der Waals surface area contributed by atoms with Crippen LogP contribution >= 0.6 is 23.6 Å². The van der Waals surface area contributed by atoms with Crippen molar-refractivity contribution in [3.8, 4) is 16.9 Å². The second kappa shape index (κ2) is 10.5. The molecular formula is C22H24F3NO3S2. The lowest BCUT2D eigenvalue weighted by Gasteiger charge is -2.27. The largest absolute Gasteiger partial charge is 0.573 e. The monoisotopic (exact) mass is 471 g/mol. The van der Waals surface area contributed by atoms with Gasteiger partial charge in [-0.25, -0.2) is 0 Å². The van der Waals surface area contributed by atoms with Crippen LogP contribution in [0.3, 0.4) is 0 Å². The zero-order chi connectivity index (χ0) is 22.4. The Balaban J connectivity index is 1.49. The second-order valence-electron chi connectivity index (χ2n) is 7.45. The number of carbonyl (C=O) groups is 1. The fraction of sp³-hybridized carbons (Fsp3) is 0.455. The zero-order valence-corrected chi connectivity index (χ0v) is 18.7. The maximum Gasteiger partial charge on any atom is 0.573 e. The molecule has 168 valence electrons. The predicted molar refractivity (Wildman–Crippen MR) is 118 cm³/mol. The Morgan fingerprint density at radius 2 is 1.84 bits per heavy atom. The molecule has 0 aliphatic heterocycles. The van der Waals surface area contributed by atoms with Gasteiger partial charge in [0.15, 0.2) is 0 Å². The van der Waals surface area contributed by atoms with E-state index in [1.54, 1.807) is 12.1 Å². The van der Waals surface area contributed by atoms with E-state index in [0.29, 0.717) is 17.5 Å². The van der Waals surface area contributed by atoms with Crippen LogP contribution in [0.2, 0.25) is 0 Å². The topological polar surface area (TPSA) is 47.6 Å². The Labute approximate surface area is 188 Å². The van der Waals surface area contributed by atoms with Crippen molar-refractivity contribution in [1.29, 1.82) is 0 Å². The summed E-state index contributed by atoms with van der Waals surface area (Å²) in [6.07, 6.45) is -1.10. The van der Waals surface area contributed by atoms with Crippen LogP contribution in [-0.4, -0.2) is 30.5 Å². The van der Waals surface area contributed by atoms with Crippen molar-refractivity contribution in [2.24, 2.45) is 11.8 Å².